The van der Waals surface area contributed by atoms with E-state index >= 15 is 0 Å². The normalized spacial score (nSPS) is 12.3. The Balaban J connectivity index is 1.68. The van der Waals surface area contributed by atoms with E-state index in [4.69, 9.17) is 4.74 Å². The molecule has 3 heterocycles. The molecular formula is C19H14N4O2S. The first-order chi connectivity index (χ1) is 12.8. The number of aromatic nitrogens is 4. The molecule has 7 heteroatoms. The van der Waals surface area contributed by atoms with Crippen LogP contribution in [-0.4, -0.2) is 26.7 Å². The fourth-order valence-electron chi connectivity index (χ4n) is 2.51. The Morgan fingerprint density at radius 1 is 1.15 bits per heavy atom. The van der Waals surface area contributed by atoms with Gasteiger partial charge in [0.15, 0.2) is 5.82 Å². The highest BCUT2D eigenvalue weighted by molar-refractivity contribution is 7.15. The number of hydrogen-bond acceptors (Lipinski definition) is 6. The van der Waals surface area contributed by atoms with Crippen LogP contribution in [0.1, 0.15) is 5.56 Å². The molecule has 0 unspecified atom stereocenters. The molecule has 0 radical (unpaired) electrons. The van der Waals surface area contributed by atoms with Crippen LogP contribution in [-0.2, 0) is 0 Å². The van der Waals surface area contributed by atoms with Crippen LogP contribution in [0.15, 0.2) is 59.7 Å². The summed E-state index contributed by atoms with van der Waals surface area (Å²) in [6.07, 6.45) is 8.83. The predicted molar refractivity (Wildman–Crippen MR) is 102 cm³/mol. The number of benzene rings is 1. The van der Waals surface area contributed by atoms with Crippen LogP contribution in [0.3, 0.4) is 0 Å². The number of hydrogen-bond donors (Lipinski definition) is 0. The number of nitrogens with zero attached hydrogens (tertiary/aromatic N) is 4. The first-order valence-corrected chi connectivity index (χ1v) is 8.69. The van der Waals surface area contributed by atoms with Crippen molar-refractivity contribution in [3.05, 3.63) is 75.3 Å². The zero-order valence-corrected chi connectivity index (χ0v) is 14.7. The van der Waals surface area contributed by atoms with E-state index in [2.05, 4.69) is 15.1 Å². The molecule has 0 spiro atoms. The second kappa shape index (κ2) is 6.89. The molecule has 0 N–H and O–H groups in total. The largest absolute Gasteiger partial charge is 0.496 e. The third-order valence-corrected chi connectivity index (χ3v) is 4.76. The van der Waals surface area contributed by atoms with E-state index in [0.29, 0.717) is 15.3 Å². The Labute approximate surface area is 152 Å². The van der Waals surface area contributed by atoms with Gasteiger partial charge in [0.25, 0.3) is 5.56 Å². The van der Waals surface area contributed by atoms with E-state index < -0.39 is 0 Å². The molecule has 0 fully saturated rings. The van der Waals surface area contributed by atoms with Gasteiger partial charge < -0.3 is 4.74 Å². The third kappa shape index (κ3) is 3.00. The summed E-state index contributed by atoms with van der Waals surface area (Å²) in [4.78, 5) is 21.5. The summed E-state index contributed by atoms with van der Waals surface area (Å²) >= 11 is 1.31. The smallest absolute Gasteiger partial charge is 0.291 e. The summed E-state index contributed by atoms with van der Waals surface area (Å²) in [7, 11) is 1.63. The minimum atomic E-state index is -0.178. The molecule has 1 aromatic carbocycles. The summed E-state index contributed by atoms with van der Waals surface area (Å²) in [5.74, 6) is 1.30. The Bertz CT molecular complexity index is 1200. The number of rotatable bonds is 4. The average Bonchev–Trinajstić information content (AvgIpc) is 3.23. The predicted octanol–water partition coefficient (Wildman–Crippen LogP) is 2.43. The van der Waals surface area contributed by atoms with Crippen molar-refractivity contribution in [2.75, 3.05) is 7.11 Å². The fourth-order valence-corrected chi connectivity index (χ4v) is 3.37. The van der Waals surface area contributed by atoms with E-state index in [9.17, 15) is 4.79 Å². The lowest BCUT2D eigenvalue weighted by Gasteiger charge is -2.02. The molecule has 0 saturated carbocycles. The maximum Gasteiger partial charge on any atom is 0.291 e. The number of ether oxygens (including phenoxy) is 1. The maximum atomic E-state index is 12.5. The monoisotopic (exact) mass is 362 g/mol. The molecule has 26 heavy (non-hydrogen) atoms. The molecule has 0 aliphatic carbocycles. The Hall–Kier alpha value is -3.32. The van der Waals surface area contributed by atoms with Crippen LogP contribution in [0, 0.1) is 0 Å². The van der Waals surface area contributed by atoms with E-state index in [1.54, 1.807) is 25.6 Å². The van der Waals surface area contributed by atoms with Crippen molar-refractivity contribution in [2.24, 2.45) is 0 Å². The Kier molecular flexibility index (Phi) is 4.28. The van der Waals surface area contributed by atoms with E-state index in [1.807, 2.05) is 48.6 Å². The molecule has 0 saturated heterocycles. The number of para-hydroxylation sites is 1. The lowest BCUT2D eigenvalue weighted by molar-refractivity contribution is 0.414. The second-order valence-electron chi connectivity index (χ2n) is 5.40. The van der Waals surface area contributed by atoms with E-state index in [1.165, 1.54) is 15.9 Å². The minimum Gasteiger partial charge on any atom is -0.496 e. The zero-order valence-electron chi connectivity index (χ0n) is 13.9. The van der Waals surface area contributed by atoms with Crippen molar-refractivity contribution in [1.29, 1.82) is 0 Å². The van der Waals surface area contributed by atoms with Crippen LogP contribution in [0.2, 0.25) is 0 Å². The van der Waals surface area contributed by atoms with Gasteiger partial charge in [-0.05, 0) is 24.3 Å². The number of allylic oxidation sites excluding steroid dienone is 1. The molecule has 128 valence electrons. The van der Waals surface area contributed by atoms with Crippen molar-refractivity contribution in [2.45, 2.75) is 0 Å². The summed E-state index contributed by atoms with van der Waals surface area (Å²) in [5.41, 5.74) is 1.59. The van der Waals surface area contributed by atoms with E-state index in [0.717, 1.165) is 16.9 Å². The Morgan fingerprint density at radius 2 is 1.96 bits per heavy atom. The summed E-state index contributed by atoms with van der Waals surface area (Å²) < 4.78 is 7.22. The van der Waals surface area contributed by atoms with Gasteiger partial charge in [-0.15, -0.1) is 5.10 Å². The fraction of sp³-hybridized carbons (Fsp3) is 0.0526. The molecule has 0 aliphatic heterocycles. The first-order valence-electron chi connectivity index (χ1n) is 7.87. The minimum absolute atomic E-state index is 0.178. The van der Waals surface area contributed by atoms with Crippen LogP contribution < -0.4 is 14.8 Å². The van der Waals surface area contributed by atoms with Crippen molar-refractivity contribution in [3.63, 3.8) is 0 Å². The van der Waals surface area contributed by atoms with Crippen molar-refractivity contribution in [1.82, 2.24) is 19.6 Å². The number of pyridine rings is 1. The average molecular weight is 362 g/mol. The molecule has 0 amide bonds. The molecule has 6 nitrogen and oxygen atoms in total. The molecule has 4 aromatic rings. The van der Waals surface area contributed by atoms with Crippen LogP contribution in [0.25, 0.3) is 28.5 Å². The highest BCUT2D eigenvalue weighted by Crippen LogP contribution is 2.18. The number of methoxy groups -OCH3 is 1. The highest BCUT2D eigenvalue weighted by atomic mass is 32.1. The molecule has 0 bridgehead atoms. The van der Waals surface area contributed by atoms with Gasteiger partial charge in [-0.3, -0.25) is 9.78 Å². The van der Waals surface area contributed by atoms with Gasteiger partial charge >= 0.3 is 0 Å². The third-order valence-electron chi connectivity index (χ3n) is 3.78. The molecule has 3 aromatic heterocycles. The summed E-state index contributed by atoms with van der Waals surface area (Å²) in [6, 6.07) is 11.3. The number of thiazole rings is 1. The molecule has 0 aliphatic rings. The summed E-state index contributed by atoms with van der Waals surface area (Å²) in [6.45, 7) is 0. The van der Waals surface area contributed by atoms with Crippen LogP contribution in [0.5, 0.6) is 5.75 Å². The Morgan fingerprint density at radius 3 is 2.73 bits per heavy atom. The van der Waals surface area contributed by atoms with Crippen molar-refractivity contribution >= 4 is 28.4 Å². The zero-order chi connectivity index (χ0) is 17.9. The first kappa shape index (κ1) is 16.2. The molecular weight excluding hydrogens is 348 g/mol. The van der Waals surface area contributed by atoms with Gasteiger partial charge in [-0.1, -0.05) is 41.7 Å². The topological polar surface area (TPSA) is 69.4 Å². The van der Waals surface area contributed by atoms with Gasteiger partial charge in [0.05, 0.1) is 11.6 Å². The van der Waals surface area contributed by atoms with Crippen molar-refractivity contribution < 1.29 is 4.74 Å². The van der Waals surface area contributed by atoms with Gasteiger partial charge in [0, 0.05) is 23.5 Å². The maximum absolute atomic E-state index is 12.5. The van der Waals surface area contributed by atoms with Crippen LogP contribution in [0.4, 0.5) is 0 Å². The van der Waals surface area contributed by atoms with Gasteiger partial charge in [-0.2, -0.15) is 9.50 Å². The number of fused-ring (bicyclic) bond motifs is 1. The van der Waals surface area contributed by atoms with Gasteiger partial charge in [0.1, 0.15) is 5.75 Å². The molecule has 0 atom stereocenters. The highest BCUT2D eigenvalue weighted by Gasteiger charge is 2.11. The summed E-state index contributed by atoms with van der Waals surface area (Å²) in [5, 5.41) is 4.31. The standard InChI is InChI=1S/C19H14N4O2S/c1-25-15-7-3-2-5-13(15)6-4-8-16-18(24)23-19(26-16)21-17(22-23)14-9-11-20-12-10-14/h2-12H,1H3. The second-order valence-corrected chi connectivity index (χ2v) is 6.41. The van der Waals surface area contributed by atoms with Gasteiger partial charge in [-0.25, -0.2) is 0 Å². The lowest BCUT2D eigenvalue weighted by Crippen LogP contribution is -2.23. The van der Waals surface area contributed by atoms with Gasteiger partial charge in [0.2, 0.25) is 4.96 Å². The lowest BCUT2D eigenvalue weighted by atomic mass is 10.2. The van der Waals surface area contributed by atoms with E-state index in [-0.39, 0.29) is 5.56 Å². The van der Waals surface area contributed by atoms with Crippen LogP contribution >= 0.6 is 11.3 Å². The van der Waals surface area contributed by atoms with Crippen molar-refractivity contribution in [3.8, 4) is 17.1 Å². The molecule has 4 rings (SSSR count). The SMILES string of the molecule is COc1ccccc1C=CC=c1sc2nc(-c3ccncc3)nn2c1=O. The quantitative estimate of drug-likeness (QED) is 0.558.